The predicted octanol–water partition coefficient (Wildman–Crippen LogP) is 7.24. The van der Waals surface area contributed by atoms with Crippen molar-refractivity contribution in [3.8, 4) is 11.8 Å². The van der Waals surface area contributed by atoms with Crippen molar-refractivity contribution in [2.24, 2.45) is 0 Å². The van der Waals surface area contributed by atoms with Gasteiger partial charge in [-0.1, -0.05) is 82.9 Å². The summed E-state index contributed by atoms with van der Waals surface area (Å²) in [5.41, 5.74) is -0.845. The van der Waals surface area contributed by atoms with Crippen molar-refractivity contribution >= 4 is 29.6 Å². The minimum atomic E-state index is -5.74. The Morgan fingerprint density at radius 2 is 1.55 bits per heavy atom. The molecule has 1 aromatic heterocycles. The van der Waals surface area contributed by atoms with E-state index >= 15 is 0 Å². The third-order valence-corrected chi connectivity index (χ3v) is 12.4. The molecule has 2 heterocycles. The minimum Gasteiger partial charge on any atom is -0.434 e. The Balaban J connectivity index is 1.44. The number of benzene rings is 1. The van der Waals surface area contributed by atoms with Crippen molar-refractivity contribution in [2.75, 3.05) is 19.8 Å². The van der Waals surface area contributed by atoms with E-state index in [1.807, 2.05) is 0 Å². The van der Waals surface area contributed by atoms with Crippen molar-refractivity contribution in [1.29, 1.82) is 5.26 Å². The Hall–Kier alpha value is -3.23. The van der Waals surface area contributed by atoms with Crippen molar-refractivity contribution in [3.63, 3.8) is 0 Å². The normalized spacial score (nSPS) is 18.5. The molecule has 2 aromatic rings. The third kappa shape index (κ3) is 17.6. The molecular weight excluding hydrogens is 787 g/mol. The average molecular weight is 836 g/mol. The quantitative estimate of drug-likeness (QED) is 0.0277. The van der Waals surface area contributed by atoms with E-state index < -0.39 is 73.0 Å². The van der Waals surface area contributed by atoms with Crippen LogP contribution in [0.25, 0.3) is 0 Å². The first-order chi connectivity index (χ1) is 26.1. The molecule has 0 spiro atoms. The van der Waals surface area contributed by atoms with Crippen molar-refractivity contribution < 1.29 is 64.7 Å². The molecule has 3 N–H and O–H groups in total. The lowest BCUT2D eigenvalue weighted by Gasteiger charge is -2.22. The number of phosphoric ester groups is 2. The number of nitrogens with one attached hydrogen (secondary N) is 1. The number of nitrogens with zero attached hydrogens (tertiary/aromatic N) is 2. The SMILES string of the molecule is CCCCCCCCCCCCOC(=O)Oc1ccc(COP(=O)(OCCC#N)OP(=O)(O)OP(=O)(O)OC[C@@H]2C=C[C@H](n3cc(C)c(=O)[nH]c3=O)O2)cc1. The van der Waals surface area contributed by atoms with Gasteiger partial charge < -0.3 is 24.0 Å². The molecule has 1 aromatic carbocycles. The molecule has 19 nitrogen and oxygen atoms in total. The largest absolute Gasteiger partial charge is 0.513 e. The molecule has 3 rings (SSSR count). The van der Waals surface area contributed by atoms with Crippen LogP contribution in [-0.4, -0.2) is 51.4 Å². The van der Waals surface area contributed by atoms with Crippen LogP contribution in [-0.2, 0) is 52.0 Å². The second kappa shape index (κ2) is 23.1. The second-order valence-electron chi connectivity index (χ2n) is 12.3. The fourth-order valence-corrected chi connectivity index (χ4v) is 8.98. The maximum atomic E-state index is 13.3. The van der Waals surface area contributed by atoms with Crippen LogP contribution in [0.4, 0.5) is 4.79 Å². The summed E-state index contributed by atoms with van der Waals surface area (Å²) in [7, 11) is -16.2. The number of ether oxygens (including phenoxy) is 3. The van der Waals surface area contributed by atoms with E-state index in [9.17, 15) is 37.9 Å². The Bertz CT molecular complexity index is 1860. The summed E-state index contributed by atoms with van der Waals surface area (Å²) in [6, 6.07) is 7.29. The molecular formula is C33H48N3O16P3. The van der Waals surface area contributed by atoms with Gasteiger partial charge in [0.05, 0.1) is 38.9 Å². The molecule has 0 saturated heterocycles. The molecule has 0 saturated carbocycles. The molecule has 0 amide bonds. The van der Waals surface area contributed by atoms with Crippen LogP contribution in [0.1, 0.15) is 94.9 Å². The van der Waals surface area contributed by atoms with Crippen LogP contribution in [0.3, 0.4) is 0 Å². The average Bonchev–Trinajstić information content (AvgIpc) is 3.59. The van der Waals surface area contributed by atoms with E-state index in [1.54, 1.807) is 6.07 Å². The standard InChI is InChI=1S/C33H48N3O16P3/c1-3-4-5-6-7-8-9-10-11-12-21-45-33(39)50-28-16-14-27(15-17-28)24-48-55(44,46-22-13-20-34)52-54(42,43)51-53(40,41)47-25-29-18-19-30(49-29)36-23-26(2)31(37)35-32(36)38/h14-19,23,29-30H,3-13,21-22,24-25H2,1-2H3,(H,40,41)(H,42,43)(H,35,37,38)/t29-,30+,55?/m0/s1. The maximum Gasteiger partial charge on any atom is 0.513 e. The summed E-state index contributed by atoms with van der Waals surface area (Å²) in [5.74, 6) is 0.128. The van der Waals surface area contributed by atoms with Crippen molar-refractivity contribution in [3.05, 3.63) is 74.6 Å². The van der Waals surface area contributed by atoms with Gasteiger partial charge in [0.1, 0.15) is 11.9 Å². The fraction of sp³-hybridized carbons (Fsp3) is 0.576. The first kappa shape index (κ1) is 46.2. The summed E-state index contributed by atoms with van der Waals surface area (Å²) in [4.78, 5) is 58.3. The van der Waals surface area contributed by atoms with Crippen molar-refractivity contribution in [2.45, 2.75) is 103 Å². The summed E-state index contributed by atoms with van der Waals surface area (Å²) in [6.07, 6.45) is 12.1. The third-order valence-electron chi connectivity index (χ3n) is 7.73. The van der Waals surface area contributed by atoms with E-state index in [-0.39, 0.29) is 24.3 Å². The zero-order valence-electron chi connectivity index (χ0n) is 30.6. The highest BCUT2D eigenvalue weighted by Gasteiger charge is 2.44. The number of rotatable bonds is 26. The Morgan fingerprint density at radius 3 is 2.20 bits per heavy atom. The molecule has 0 bridgehead atoms. The lowest BCUT2D eigenvalue weighted by atomic mass is 10.1. The van der Waals surface area contributed by atoms with Gasteiger partial charge in [0, 0.05) is 11.8 Å². The molecule has 3 unspecified atom stereocenters. The number of hydrogen-bond donors (Lipinski definition) is 3. The number of nitriles is 1. The van der Waals surface area contributed by atoms with Crippen LogP contribution >= 0.6 is 23.5 Å². The van der Waals surface area contributed by atoms with E-state index in [0.29, 0.717) is 12.0 Å². The summed E-state index contributed by atoms with van der Waals surface area (Å²) < 4.78 is 79.0. The molecule has 0 radical (unpaired) electrons. The van der Waals surface area contributed by atoms with E-state index in [2.05, 4.69) is 20.5 Å². The second-order valence-corrected chi connectivity index (χ2v) is 17.2. The highest BCUT2D eigenvalue weighted by molar-refractivity contribution is 7.67. The van der Waals surface area contributed by atoms with Gasteiger partial charge >= 0.3 is 35.3 Å². The lowest BCUT2D eigenvalue weighted by Crippen LogP contribution is -2.33. The first-order valence-electron chi connectivity index (χ1n) is 17.7. The van der Waals surface area contributed by atoms with Crippen LogP contribution in [0.15, 0.2) is 52.2 Å². The highest BCUT2D eigenvalue weighted by atomic mass is 31.3. The predicted molar refractivity (Wildman–Crippen MR) is 196 cm³/mol. The summed E-state index contributed by atoms with van der Waals surface area (Å²) in [6.45, 7) is 2.01. The van der Waals surface area contributed by atoms with Gasteiger partial charge in [-0.15, -0.1) is 0 Å². The van der Waals surface area contributed by atoms with Gasteiger partial charge in [-0.3, -0.25) is 27.9 Å². The highest BCUT2D eigenvalue weighted by Crippen LogP contribution is 2.69. The minimum absolute atomic E-state index is 0.128. The molecule has 306 valence electrons. The van der Waals surface area contributed by atoms with E-state index in [4.69, 9.17) is 33.0 Å². The molecule has 22 heteroatoms. The number of carbonyl (C=O) groups excluding carboxylic acids is 1. The number of aryl methyl sites for hydroxylation is 1. The molecule has 1 aliphatic rings. The fourth-order valence-electron chi connectivity index (χ4n) is 4.95. The zero-order chi connectivity index (χ0) is 40.3. The monoisotopic (exact) mass is 835 g/mol. The van der Waals surface area contributed by atoms with Gasteiger partial charge in [0.25, 0.3) is 5.56 Å². The number of hydrogen-bond acceptors (Lipinski definition) is 15. The van der Waals surface area contributed by atoms with Crippen LogP contribution < -0.4 is 16.0 Å². The smallest absolute Gasteiger partial charge is 0.434 e. The number of unbranched alkanes of at least 4 members (excludes halogenated alkanes) is 9. The Kier molecular flexibility index (Phi) is 19.4. The van der Waals surface area contributed by atoms with Crippen LogP contribution in [0, 0.1) is 18.3 Å². The molecule has 0 fully saturated rings. The molecule has 1 aliphatic heterocycles. The van der Waals surface area contributed by atoms with Crippen molar-refractivity contribution in [1.82, 2.24) is 9.55 Å². The zero-order valence-corrected chi connectivity index (χ0v) is 33.3. The van der Waals surface area contributed by atoms with Gasteiger partial charge in [0.2, 0.25) is 0 Å². The number of phosphoric acid groups is 3. The Labute approximate surface area is 318 Å². The van der Waals surface area contributed by atoms with Gasteiger partial charge in [-0.05, 0) is 37.1 Å². The number of aromatic nitrogens is 2. The maximum absolute atomic E-state index is 13.3. The van der Waals surface area contributed by atoms with Gasteiger partial charge in [0.15, 0.2) is 6.23 Å². The van der Waals surface area contributed by atoms with E-state index in [0.717, 1.165) is 23.8 Å². The van der Waals surface area contributed by atoms with Crippen LogP contribution in [0.5, 0.6) is 5.75 Å². The molecule has 55 heavy (non-hydrogen) atoms. The van der Waals surface area contributed by atoms with E-state index in [1.165, 1.54) is 88.1 Å². The number of carbonyl (C=O) groups is 1. The number of aromatic amines is 1. The molecule has 5 atom stereocenters. The summed E-state index contributed by atoms with van der Waals surface area (Å²) >= 11 is 0. The Morgan fingerprint density at radius 1 is 0.891 bits per heavy atom. The summed E-state index contributed by atoms with van der Waals surface area (Å²) in [5, 5.41) is 8.83. The van der Waals surface area contributed by atoms with Gasteiger partial charge in [-0.25, -0.2) is 23.3 Å². The number of H-pyrrole nitrogens is 1. The first-order valence-corrected chi connectivity index (χ1v) is 22.2. The molecule has 0 aliphatic carbocycles. The lowest BCUT2D eigenvalue weighted by molar-refractivity contribution is -0.0105. The topological polar surface area (TPSA) is 261 Å². The van der Waals surface area contributed by atoms with Crippen LogP contribution in [0.2, 0.25) is 0 Å². The van der Waals surface area contributed by atoms with Gasteiger partial charge in [-0.2, -0.15) is 13.9 Å².